The summed E-state index contributed by atoms with van der Waals surface area (Å²) in [5, 5.41) is 9.86. The number of anilines is 2. The van der Waals surface area contributed by atoms with E-state index in [1.54, 1.807) is 19.1 Å². The second-order valence-corrected chi connectivity index (χ2v) is 5.16. The number of amides is 1. The van der Waals surface area contributed by atoms with E-state index in [-0.39, 0.29) is 17.5 Å². The van der Waals surface area contributed by atoms with Gasteiger partial charge in [0.2, 0.25) is 0 Å². The number of nitrogens with one attached hydrogen (secondary N) is 2. The number of H-pyrrole nitrogens is 1. The van der Waals surface area contributed by atoms with Gasteiger partial charge in [-0.15, -0.1) is 0 Å². The number of aromatic nitrogens is 3. The molecule has 0 spiro atoms. The Kier molecular flexibility index (Phi) is 3.94. The fraction of sp³-hybridized carbons (Fsp3) is 0.308. The minimum atomic E-state index is -0.377. The molecule has 0 saturated heterocycles. The summed E-state index contributed by atoms with van der Waals surface area (Å²) in [6.45, 7) is 5.70. The van der Waals surface area contributed by atoms with E-state index >= 15 is 0 Å². The summed E-state index contributed by atoms with van der Waals surface area (Å²) in [4.78, 5) is 16.2. The van der Waals surface area contributed by atoms with Gasteiger partial charge >= 0.3 is 0 Å². The molecule has 7 heteroatoms. The molecule has 2 heterocycles. The van der Waals surface area contributed by atoms with Crippen LogP contribution in [-0.4, -0.2) is 21.1 Å². The molecular formula is C13H16ClN5O. The van der Waals surface area contributed by atoms with Crippen LogP contribution < -0.4 is 11.1 Å². The second-order valence-electron chi connectivity index (χ2n) is 4.78. The first kappa shape index (κ1) is 14.3. The Balaban J connectivity index is 2.24. The normalized spacial score (nSPS) is 10.8. The van der Waals surface area contributed by atoms with Crippen LogP contribution in [0.5, 0.6) is 0 Å². The first-order valence-corrected chi connectivity index (χ1v) is 6.56. The Hall–Kier alpha value is -2.08. The molecule has 1 amide bonds. The maximum absolute atomic E-state index is 12.2. The van der Waals surface area contributed by atoms with Gasteiger partial charge < -0.3 is 11.1 Å². The molecule has 0 aliphatic rings. The van der Waals surface area contributed by atoms with Crippen molar-refractivity contribution < 1.29 is 4.79 Å². The molecule has 0 saturated carbocycles. The molecule has 2 rings (SSSR count). The zero-order valence-electron chi connectivity index (χ0n) is 11.5. The summed E-state index contributed by atoms with van der Waals surface area (Å²) >= 11 is 5.77. The highest BCUT2D eigenvalue weighted by Crippen LogP contribution is 2.23. The molecule has 0 fully saturated rings. The topological polar surface area (TPSA) is 96.7 Å². The van der Waals surface area contributed by atoms with Crippen molar-refractivity contribution in [1.82, 2.24) is 15.2 Å². The third kappa shape index (κ3) is 2.75. The molecule has 0 aliphatic carbocycles. The van der Waals surface area contributed by atoms with Gasteiger partial charge in [-0.1, -0.05) is 25.4 Å². The number of halogens is 1. The van der Waals surface area contributed by atoms with E-state index in [1.807, 2.05) is 13.8 Å². The number of nitrogen functional groups attached to an aromatic ring is 1. The van der Waals surface area contributed by atoms with Crippen LogP contribution in [0.4, 0.5) is 11.4 Å². The Morgan fingerprint density at radius 1 is 1.45 bits per heavy atom. The van der Waals surface area contributed by atoms with E-state index < -0.39 is 0 Å². The highest BCUT2D eigenvalue weighted by Gasteiger charge is 2.19. The van der Waals surface area contributed by atoms with Crippen molar-refractivity contribution in [1.29, 1.82) is 0 Å². The monoisotopic (exact) mass is 293 g/mol. The van der Waals surface area contributed by atoms with Gasteiger partial charge in [0.05, 0.1) is 22.8 Å². The predicted molar refractivity (Wildman–Crippen MR) is 79.0 cm³/mol. The average molecular weight is 294 g/mol. The number of aryl methyl sites for hydroxylation is 1. The van der Waals surface area contributed by atoms with E-state index in [2.05, 4.69) is 20.5 Å². The molecule has 106 valence electrons. The lowest BCUT2D eigenvalue weighted by Gasteiger charge is -2.07. The van der Waals surface area contributed by atoms with Crippen molar-refractivity contribution in [2.45, 2.75) is 26.7 Å². The molecule has 0 radical (unpaired) electrons. The van der Waals surface area contributed by atoms with Crippen molar-refractivity contribution in [3.05, 3.63) is 34.4 Å². The number of nitrogens with zero attached hydrogens (tertiary/aromatic N) is 2. The number of hydrogen-bond donors (Lipinski definition) is 3. The summed E-state index contributed by atoms with van der Waals surface area (Å²) in [6, 6.07) is 3.30. The van der Waals surface area contributed by atoms with Gasteiger partial charge in [-0.25, -0.2) is 4.98 Å². The number of rotatable bonds is 3. The van der Waals surface area contributed by atoms with Gasteiger partial charge in [0, 0.05) is 0 Å². The number of pyridine rings is 1. The van der Waals surface area contributed by atoms with Crippen LogP contribution in [0.1, 0.15) is 41.6 Å². The van der Waals surface area contributed by atoms with E-state index in [9.17, 15) is 4.79 Å². The molecular weight excluding hydrogens is 278 g/mol. The van der Waals surface area contributed by atoms with Gasteiger partial charge in [-0.2, -0.15) is 5.10 Å². The molecule has 0 unspecified atom stereocenters. The molecule has 0 bridgehead atoms. The fourth-order valence-corrected chi connectivity index (χ4v) is 2.01. The maximum atomic E-state index is 12.2. The SMILES string of the molecule is Cc1nc(Cl)ccc1NC(=O)c1n[nH]c(C(C)C)c1N. The van der Waals surface area contributed by atoms with Crippen LogP contribution in [0.15, 0.2) is 12.1 Å². The van der Waals surface area contributed by atoms with E-state index in [0.717, 1.165) is 5.69 Å². The van der Waals surface area contributed by atoms with Crippen LogP contribution in [-0.2, 0) is 0 Å². The van der Waals surface area contributed by atoms with E-state index in [0.29, 0.717) is 22.2 Å². The molecule has 2 aromatic heterocycles. The Bertz CT molecular complexity index is 650. The fourth-order valence-electron chi connectivity index (χ4n) is 1.82. The first-order valence-electron chi connectivity index (χ1n) is 6.18. The minimum Gasteiger partial charge on any atom is -0.395 e. The van der Waals surface area contributed by atoms with Crippen LogP contribution in [0.3, 0.4) is 0 Å². The van der Waals surface area contributed by atoms with Crippen molar-refractivity contribution in [2.75, 3.05) is 11.1 Å². The standard InChI is InChI=1S/C13H16ClN5O/c1-6(2)11-10(15)12(19-18-11)13(20)17-8-4-5-9(14)16-7(8)3/h4-6H,15H2,1-3H3,(H,17,20)(H,18,19). The molecule has 4 N–H and O–H groups in total. The van der Waals surface area contributed by atoms with Gasteiger partial charge in [0.1, 0.15) is 5.15 Å². The largest absolute Gasteiger partial charge is 0.395 e. The molecule has 6 nitrogen and oxygen atoms in total. The smallest absolute Gasteiger partial charge is 0.278 e. The highest BCUT2D eigenvalue weighted by atomic mass is 35.5. The molecule has 2 aromatic rings. The zero-order chi connectivity index (χ0) is 14.9. The lowest BCUT2D eigenvalue weighted by Crippen LogP contribution is -2.15. The predicted octanol–water partition coefficient (Wildman–Crippen LogP) is 2.72. The lowest BCUT2D eigenvalue weighted by molar-refractivity contribution is 0.102. The number of nitrogens with two attached hydrogens (primary N) is 1. The Labute approximate surface area is 121 Å². The zero-order valence-corrected chi connectivity index (χ0v) is 12.2. The number of carbonyl (C=O) groups excluding carboxylic acids is 1. The van der Waals surface area contributed by atoms with Crippen molar-refractivity contribution in [3.63, 3.8) is 0 Å². The molecule has 20 heavy (non-hydrogen) atoms. The van der Waals surface area contributed by atoms with Crippen LogP contribution >= 0.6 is 11.6 Å². The lowest BCUT2D eigenvalue weighted by atomic mass is 10.1. The van der Waals surface area contributed by atoms with E-state index in [4.69, 9.17) is 17.3 Å². The van der Waals surface area contributed by atoms with E-state index in [1.165, 1.54) is 0 Å². The Morgan fingerprint density at radius 2 is 2.15 bits per heavy atom. The third-order valence-electron chi connectivity index (χ3n) is 2.93. The maximum Gasteiger partial charge on any atom is 0.278 e. The number of carbonyl (C=O) groups is 1. The van der Waals surface area contributed by atoms with Crippen molar-refractivity contribution in [2.24, 2.45) is 0 Å². The summed E-state index contributed by atoms with van der Waals surface area (Å²) in [5.41, 5.74) is 8.44. The third-order valence-corrected chi connectivity index (χ3v) is 3.14. The van der Waals surface area contributed by atoms with Crippen LogP contribution in [0.25, 0.3) is 0 Å². The average Bonchev–Trinajstić information content (AvgIpc) is 2.74. The van der Waals surface area contributed by atoms with Gasteiger partial charge in [-0.3, -0.25) is 9.89 Å². The summed E-state index contributed by atoms with van der Waals surface area (Å²) in [6.07, 6.45) is 0. The van der Waals surface area contributed by atoms with Crippen molar-refractivity contribution >= 4 is 28.9 Å². The minimum absolute atomic E-state index is 0.169. The highest BCUT2D eigenvalue weighted by molar-refractivity contribution is 6.29. The number of aromatic amines is 1. The first-order chi connectivity index (χ1) is 9.40. The van der Waals surface area contributed by atoms with Crippen LogP contribution in [0.2, 0.25) is 5.15 Å². The number of hydrogen-bond acceptors (Lipinski definition) is 4. The van der Waals surface area contributed by atoms with Gasteiger partial charge in [-0.05, 0) is 25.0 Å². The summed E-state index contributed by atoms with van der Waals surface area (Å²) in [7, 11) is 0. The molecule has 0 atom stereocenters. The Morgan fingerprint density at radius 3 is 2.70 bits per heavy atom. The van der Waals surface area contributed by atoms with Gasteiger partial charge in [0.25, 0.3) is 5.91 Å². The second kappa shape index (κ2) is 5.50. The van der Waals surface area contributed by atoms with Crippen LogP contribution in [0, 0.1) is 6.92 Å². The summed E-state index contributed by atoms with van der Waals surface area (Å²) < 4.78 is 0. The molecule has 0 aromatic carbocycles. The van der Waals surface area contributed by atoms with Crippen molar-refractivity contribution in [3.8, 4) is 0 Å². The summed E-state index contributed by atoms with van der Waals surface area (Å²) in [5.74, 6) is -0.208. The molecule has 0 aliphatic heterocycles. The van der Waals surface area contributed by atoms with Gasteiger partial charge in [0.15, 0.2) is 5.69 Å². The quantitative estimate of drug-likeness (QED) is 0.758.